The third-order valence-electron chi connectivity index (χ3n) is 3.62. The van der Waals surface area contributed by atoms with Crippen molar-refractivity contribution in [1.82, 2.24) is 5.32 Å². The van der Waals surface area contributed by atoms with Crippen molar-refractivity contribution < 1.29 is 14.3 Å². The molecule has 0 aliphatic rings. The number of benzene rings is 1. The van der Waals surface area contributed by atoms with E-state index in [1.165, 1.54) is 0 Å². The predicted octanol–water partition coefficient (Wildman–Crippen LogP) is 2.92. The van der Waals surface area contributed by atoms with E-state index in [1.54, 1.807) is 20.3 Å². The van der Waals surface area contributed by atoms with Crippen LogP contribution in [0.5, 0.6) is 5.75 Å². The molecule has 130 valence electrons. The van der Waals surface area contributed by atoms with E-state index in [1.807, 2.05) is 12.1 Å². The number of carbonyl (C=O) groups excluding carboxylic acids is 1. The summed E-state index contributed by atoms with van der Waals surface area (Å²) >= 11 is 6.12. The lowest BCUT2D eigenvalue weighted by atomic mass is 9.96. The zero-order chi connectivity index (χ0) is 17.4. The molecule has 1 aromatic rings. The zero-order valence-electron chi connectivity index (χ0n) is 14.3. The van der Waals surface area contributed by atoms with Crippen LogP contribution in [0.1, 0.15) is 38.3 Å². The van der Waals surface area contributed by atoms with Gasteiger partial charge in [0.15, 0.2) is 0 Å². The number of nitrogens with two attached hydrogens (primary N) is 1. The molecule has 1 rings (SSSR count). The molecule has 0 aromatic heterocycles. The Kier molecular flexibility index (Phi) is 8.37. The fourth-order valence-electron chi connectivity index (χ4n) is 2.44. The summed E-state index contributed by atoms with van der Waals surface area (Å²) in [5.74, 6) is 1.01. The molecule has 23 heavy (non-hydrogen) atoms. The topological polar surface area (TPSA) is 73.6 Å². The van der Waals surface area contributed by atoms with Crippen molar-refractivity contribution in [1.29, 1.82) is 0 Å². The molecule has 0 spiro atoms. The van der Waals surface area contributed by atoms with Gasteiger partial charge in [0.1, 0.15) is 5.75 Å². The van der Waals surface area contributed by atoms with Gasteiger partial charge in [0, 0.05) is 24.2 Å². The van der Waals surface area contributed by atoms with E-state index in [0.717, 1.165) is 12.0 Å². The second-order valence-electron chi connectivity index (χ2n) is 5.93. The van der Waals surface area contributed by atoms with Crippen molar-refractivity contribution in [3.05, 3.63) is 28.8 Å². The van der Waals surface area contributed by atoms with Crippen LogP contribution < -0.4 is 15.8 Å². The van der Waals surface area contributed by atoms with Crippen molar-refractivity contribution >= 4 is 17.5 Å². The summed E-state index contributed by atoms with van der Waals surface area (Å²) in [6.45, 7) is 4.52. The number of carbonyl (C=O) groups is 1. The van der Waals surface area contributed by atoms with E-state index >= 15 is 0 Å². The summed E-state index contributed by atoms with van der Waals surface area (Å²) in [6.07, 6.45) is 0.726. The minimum atomic E-state index is -0.282. The molecule has 0 aliphatic carbocycles. The van der Waals surface area contributed by atoms with Crippen molar-refractivity contribution in [3.8, 4) is 5.75 Å². The zero-order valence-corrected chi connectivity index (χ0v) is 15.0. The van der Waals surface area contributed by atoms with Gasteiger partial charge < -0.3 is 20.5 Å². The summed E-state index contributed by atoms with van der Waals surface area (Å²) < 4.78 is 10.6. The lowest BCUT2D eigenvalue weighted by Gasteiger charge is -2.24. The number of hydrogen-bond donors (Lipinski definition) is 2. The smallest absolute Gasteiger partial charge is 0.223 e. The molecule has 0 radical (unpaired) electrons. The van der Waals surface area contributed by atoms with Crippen LogP contribution in [0, 0.1) is 5.92 Å². The molecule has 0 saturated heterocycles. The van der Waals surface area contributed by atoms with Crippen LogP contribution in [0.25, 0.3) is 0 Å². The normalized spacial score (nSPS) is 13.7. The Balaban J connectivity index is 2.96. The van der Waals surface area contributed by atoms with Crippen molar-refractivity contribution in [2.75, 3.05) is 20.8 Å². The van der Waals surface area contributed by atoms with E-state index in [9.17, 15) is 4.79 Å². The van der Waals surface area contributed by atoms with Crippen molar-refractivity contribution in [2.45, 2.75) is 38.8 Å². The molecule has 0 aliphatic heterocycles. The first-order valence-electron chi connectivity index (χ1n) is 7.76. The van der Waals surface area contributed by atoms with Crippen molar-refractivity contribution in [2.24, 2.45) is 11.7 Å². The molecule has 3 N–H and O–H groups in total. The van der Waals surface area contributed by atoms with Crippen LogP contribution in [0.4, 0.5) is 0 Å². The second kappa shape index (κ2) is 9.75. The highest BCUT2D eigenvalue weighted by Crippen LogP contribution is 2.32. The Labute approximate surface area is 143 Å². The van der Waals surface area contributed by atoms with Gasteiger partial charge in [0.25, 0.3) is 0 Å². The predicted molar refractivity (Wildman–Crippen MR) is 92.8 cm³/mol. The molecule has 2 atom stereocenters. The Morgan fingerprint density at radius 1 is 1.35 bits per heavy atom. The van der Waals surface area contributed by atoms with E-state index < -0.39 is 0 Å². The molecule has 1 amide bonds. The van der Waals surface area contributed by atoms with Gasteiger partial charge in [-0.3, -0.25) is 4.79 Å². The van der Waals surface area contributed by atoms with Gasteiger partial charge in [0.05, 0.1) is 25.7 Å². The number of methoxy groups -OCH3 is 2. The molecule has 1 aromatic carbocycles. The van der Waals surface area contributed by atoms with Gasteiger partial charge in [-0.1, -0.05) is 25.4 Å². The molecular formula is C17H27ClN2O3. The van der Waals surface area contributed by atoms with Crippen LogP contribution in [0.3, 0.4) is 0 Å². The maximum atomic E-state index is 12.3. The highest BCUT2D eigenvalue weighted by Gasteiger charge is 2.21. The minimum Gasteiger partial charge on any atom is -0.496 e. The molecule has 6 heteroatoms. The maximum absolute atomic E-state index is 12.3. The summed E-state index contributed by atoms with van der Waals surface area (Å²) in [7, 11) is 3.16. The lowest BCUT2D eigenvalue weighted by Crippen LogP contribution is -2.35. The van der Waals surface area contributed by atoms with Crippen LogP contribution >= 0.6 is 11.6 Å². The summed E-state index contributed by atoms with van der Waals surface area (Å²) in [4.78, 5) is 12.3. The van der Waals surface area contributed by atoms with Crippen LogP contribution in [-0.4, -0.2) is 32.8 Å². The van der Waals surface area contributed by atoms with Gasteiger partial charge >= 0.3 is 0 Å². The van der Waals surface area contributed by atoms with E-state index in [0.29, 0.717) is 23.2 Å². The average molecular weight is 343 g/mol. The fraction of sp³-hybridized carbons (Fsp3) is 0.588. The minimum absolute atomic E-state index is 0.102. The van der Waals surface area contributed by atoms with Gasteiger partial charge in [-0.2, -0.15) is 0 Å². The molecule has 0 saturated carbocycles. The Morgan fingerprint density at radius 2 is 2.04 bits per heavy atom. The first-order chi connectivity index (χ1) is 10.9. The quantitative estimate of drug-likeness (QED) is 0.723. The SMILES string of the molecule is COc1ccc(Cl)cc1C(CC(C)C)NC(=O)CC(CN)OC. The lowest BCUT2D eigenvalue weighted by molar-refractivity contribution is -0.124. The van der Waals surface area contributed by atoms with Crippen LogP contribution in [0.2, 0.25) is 5.02 Å². The second-order valence-corrected chi connectivity index (χ2v) is 6.37. The number of nitrogens with one attached hydrogen (secondary N) is 1. The van der Waals surface area contributed by atoms with Gasteiger partial charge in [0.2, 0.25) is 5.91 Å². The van der Waals surface area contributed by atoms with E-state index in [4.69, 9.17) is 26.8 Å². The number of amides is 1. The van der Waals surface area contributed by atoms with Crippen LogP contribution in [0.15, 0.2) is 18.2 Å². The third-order valence-corrected chi connectivity index (χ3v) is 3.85. The Hall–Kier alpha value is -1.30. The molecule has 0 bridgehead atoms. The molecule has 2 unspecified atom stereocenters. The fourth-order valence-corrected chi connectivity index (χ4v) is 2.62. The number of halogens is 1. The summed E-state index contributed by atoms with van der Waals surface area (Å²) in [5, 5.41) is 3.66. The highest BCUT2D eigenvalue weighted by molar-refractivity contribution is 6.30. The monoisotopic (exact) mass is 342 g/mol. The molecular weight excluding hydrogens is 316 g/mol. The van der Waals surface area contributed by atoms with Gasteiger partial charge in [-0.25, -0.2) is 0 Å². The van der Waals surface area contributed by atoms with Gasteiger partial charge in [-0.15, -0.1) is 0 Å². The summed E-state index contributed by atoms with van der Waals surface area (Å²) in [6, 6.07) is 5.25. The van der Waals surface area contributed by atoms with E-state index in [-0.39, 0.29) is 24.5 Å². The standard InChI is InChI=1S/C17H27ClN2O3/c1-11(2)7-15(20-17(21)9-13(10-19)22-3)14-8-12(18)5-6-16(14)23-4/h5-6,8,11,13,15H,7,9-10,19H2,1-4H3,(H,20,21). The highest BCUT2D eigenvalue weighted by atomic mass is 35.5. The number of ether oxygens (including phenoxy) is 2. The van der Waals surface area contributed by atoms with Crippen molar-refractivity contribution in [3.63, 3.8) is 0 Å². The maximum Gasteiger partial charge on any atom is 0.223 e. The average Bonchev–Trinajstić information content (AvgIpc) is 2.51. The van der Waals surface area contributed by atoms with E-state index in [2.05, 4.69) is 19.2 Å². The number of hydrogen-bond acceptors (Lipinski definition) is 4. The largest absolute Gasteiger partial charge is 0.496 e. The first kappa shape index (κ1) is 19.7. The molecule has 0 heterocycles. The first-order valence-corrected chi connectivity index (χ1v) is 8.14. The third kappa shape index (κ3) is 6.37. The molecule has 0 fully saturated rings. The van der Waals surface area contributed by atoms with Gasteiger partial charge in [-0.05, 0) is 30.5 Å². The molecule has 5 nitrogen and oxygen atoms in total. The summed E-state index contributed by atoms with van der Waals surface area (Å²) in [5.41, 5.74) is 6.46. The Morgan fingerprint density at radius 3 is 2.57 bits per heavy atom. The number of rotatable bonds is 9. The Bertz CT molecular complexity index is 505. The van der Waals surface area contributed by atoms with Crippen LogP contribution in [-0.2, 0) is 9.53 Å².